The summed E-state index contributed by atoms with van der Waals surface area (Å²) in [6.45, 7) is 7.16. The van der Waals surface area contributed by atoms with Crippen LogP contribution in [0.2, 0.25) is 0 Å². The Morgan fingerprint density at radius 1 is 0.962 bits per heavy atom. The number of carbonyl (C=O) groups excluding carboxylic acids is 2. The summed E-state index contributed by atoms with van der Waals surface area (Å²) in [6.07, 6.45) is -0.358. The molecule has 0 bridgehead atoms. The molecule has 26 heavy (non-hydrogen) atoms. The van der Waals surface area contributed by atoms with Gasteiger partial charge in [0.2, 0.25) is 0 Å². The fraction of sp³-hybridized carbons (Fsp3) is 0.556. The lowest BCUT2D eigenvalue weighted by atomic mass is 10.1. The minimum Gasteiger partial charge on any atom is -0.496 e. The molecule has 144 valence electrons. The van der Waals surface area contributed by atoms with Gasteiger partial charge in [-0.3, -0.25) is 4.79 Å². The van der Waals surface area contributed by atoms with Crippen LogP contribution in [0.25, 0.3) is 0 Å². The SMILES string of the molecule is COc1cc(Br)cc(OC)c1C(=O)N1CCN(C(=O)OC(C)(C)C)CC1. The van der Waals surface area contributed by atoms with Crippen LogP contribution in [0.4, 0.5) is 4.79 Å². The van der Waals surface area contributed by atoms with Crippen molar-refractivity contribution in [2.75, 3.05) is 40.4 Å². The fourth-order valence-electron chi connectivity index (χ4n) is 2.67. The van der Waals surface area contributed by atoms with Crippen LogP contribution in [0.3, 0.4) is 0 Å². The van der Waals surface area contributed by atoms with E-state index in [1.165, 1.54) is 14.2 Å². The first-order valence-corrected chi connectivity index (χ1v) is 9.14. The predicted octanol–water partition coefficient (Wildman–Crippen LogP) is 3.16. The first-order chi connectivity index (χ1) is 12.2. The van der Waals surface area contributed by atoms with E-state index in [2.05, 4.69) is 15.9 Å². The second kappa shape index (κ2) is 8.16. The molecule has 0 saturated carbocycles. The molecule has 0 aliphatic carbocycles. The lowest BCUT2D eigenvalue weighted by Crippen LogP contribution is -2.51. The van der Waals surface area contributed by atoms with Gasteiger partial charge in [-0.1, -0.05) is 15.9 Å². The Kier molecular flexibility index (Phi) is 6.39. The molecule has 0 N–H and O–H groups in total. The number of carbonyl (C=O) groups is 2. The Morgan fingerprint density at radius 3 is 1.85 bits per heavy atom. The normalized spacial score (nSPS) is 14.8. The van der Waals surface area contributed by atoms with Gasteiger partial charge >= 0.3 is 6.09 Å². The van der Waals surface area contributed by atoms with E-state index in [0.29, 0.717) is 43.2 Å². The summed E-state index contributed by atoms with van der Waals surface area (Å²) in [7, 11) is 3.02. The molecule has 0 atom stereocenters. The van der Waals surface area contributed by atoms with E-state index < -0.39 is 5.60 Å². The molecule has 2 rings (SSSR count). The van der Waals surface area contributed by atoms with E-state index in [1.807, 2.05) is 20.8 Å². The van der Waals surface area contributed by atoms with Crippen molar-refractivity contribution in [3.05, 3.63) is 22.2 Å². The molecular formula is C18H25BrN2O5. The zero-order valence-corrected chi connectivity index (χ0v) is 17.4. The van der Waals surface area contributed by atoms with Crippen LogP contribution in [0, 0.1) is 0 Å². The molecule has 0 unspecified atom stereocenters. The van der Waals surface area contributed by atoms with Gasteiger partial charge in [0.05, 0.1) is 14.2 Å². The molecule has 2 amide bonds. The first-order valence-electron chi connectivity index (χ1n) is 8.35. The van der Waals surface area contributed by atoms with Crippen molar-refractivity contribution >= 4 is 27.9 Å². The summed E-state index contributed by atoms with van der Waals surface area (Å²) in [5.74, 6) is 0.696. The van der Waals surface area contributed by atoms with Crippen molar-refractivity contribution in [3.63, 3.8) is 0 Å². The van der Waals surface area contributed by atoms with Crippen LogP contribution in [0.5, 0.6) is 11.5 Å². The molecular weight excluding hydrogens is 404 g/mol. The molecule has 1 aliphatic heterocycles. The van der Waals surface area contributed by atoms with Crippen molar-refractivity contribution in [2.24, 2.45) is 0 Å². The van der Waals surface area contributed by atoms with Crippen molar-refractivity contribution in [1.82, 2.24) is 9.80 Å². The fourth-order valence-corrected chi connectivity index (χ4v) is 3.08. The van der Waals surface area contributed by atoms with E-state index in [-0.39, 0.29) is 12.0 Å². The summed E-state index contributed by atoms with van der Waals surface area (Å²) in [5.41, 5.74) is -0.161. The van der Waals surface area contributed by atoms with Crippen molar-refractivity contribution in [2.45, 2.75) is 26.4 Å². The van der Waals surface area contributed by atoms with Gasteiger partial charge in [0.25, 0.3) is 5.91 Å². The Bertz CT molecular complexity index is 654. The molecule has 1 aromatic carbocycles. The van der Waals surface area contributed by atoms with Gasteiger partial charge in [-0.25, -0.2) is 4.79 Å². The van der Waals surface area contributed by atoms with Crippen molar-refractivity contribution in [3.8, 4) is 11.5 Å². The Balaban J connectivity index is 2.11. The third kappa shape index (κ3) is 4.81. The van der Waals surface area contributed by atoms with Crippen LogP contribution in [0.15, 0.2) is 16.6 Å². The number of hydrogen-bond acceptors (Lipinski definition) is 5. The number of halogens is 1. The number of benzene rings is 1. The average molecular weight is 429 g/mol. The number of hydrogen-bond donors (Lipinski definition) is 0. The Morgan fingerprint density at radius 2 is 1.42 bits per heavy atom. The number of amides is 2. The second-order valence-electron chi connectivity index (χ2n) is 6.94. The zero-order chi connectivity index (χ0) is 19.5. The van der Waals surface area contributed by atoms with Gasteiger partial charge in [0.1, 0.15) is 22.7 Å². The van der Waals surface area contributed by atoms with Crippen molar-refractivity contribution in [1.29, 1.82) is 0 Å². The number of methoxy groups -OCH3 is 2. The molecule has 1 aromatic rings. The first kappa shape index (κ1) is 20.4. The van der Waals surface area contributed by atoms with Crippen molar-refractivity contribution < 1.29 is 23.8 Å². The summed E-state index contributed by atoms with van der Waals surface area (Å²) in [6, 6.07) is 3.46. The molecule has 1 aliphatic rings. The second-order valence-corrected chi connectivity index (χ2v) is 7.86. The van der Waals surface area contributed by atoms with Crippen LogP contribution in [-0.4, -0.2) is 67.8 Å². The van der Waals surface area contributed by atoms with E-state index >= 15 is 0 Å². The topological polar surface area (TPSA) is 68.3 Å². The molecule has 7 nitrogen and oxygen atoms in total. The highest BCUT2D eigenvalue weighted by Gasteiger charge is 2.30. The highest BCUT2D eigenvalue weighted by atomic mass is 79.9. The molecule has 0 radical (unpaired) electrons. The van der Waals surface area contributed by atoms with Crippen LogP contribution >= 0.6 is 15.9 Å². The van der Waals surface area contributed by atoms with E-state index in [4.69, 9.17) is 14.2 Å². The van der Waals surface area contributed by atoms with Crippen LogP contribution in [-0.2, 0) is 4.74 Å². The largest absolute Gasteiger partial charge is 0.496 e. The standard InChI is InChI=1S/C18H25BrN2O5/c1-18(2,3)26-17(23)21-8-6-20(7-9-21)16(22)15-13(24-4)10-12(19)11-14(15)25-5/h10-11H,6-9H2,1-5H3. The monoisotopic (exact) mass is 428 g/mol. The maximum absolute atomic E-state index is 13.0. The summed E-state index contributed by atoms with van der Waals surface area (Å²) < 4.78 is 16.8. The third-order valence-electron chi connectivity index (χ3n) is 3.90. The lowest BCUT2D eigenvalue weighted by Gasteiger charge is -2.36. The highest BCUT2D eigenvalue weighted by molar-refractivity contribution is 9.10. The van der Waals surface area contributed by atoms with Gasteiger partial charge in [-0.2, -0.15) is 0 Å². The number of rotatable bonds is 3. The minimum absolute atomic E-state index is 0.185. The van der Waals surface area contributed by atoms with Crippen LogP contribution < -0.4 is 9.47 Å². The van der Waals surface area contributed by atoms with Crippen LogP contribution in [0.1, 0.15) is 31.1 Å². The lowest BCUT2D eigenvalue weighted by molar-refractivity contribution is 0.0140. The zero-order valence-electron chi connectivity index (χ0n) is 15.8. The van der Waals surface area contributed by atoms with Gasteiger partial charge in [-0.15, -0.1) is 0 Å². The molecule has 1 heterocycles. The number of piperazine rings is 1. The molecule has 1 saturated heterocycles. The Labute approximate surface area is 162 Å². The smallest absolute Gasteiger partial charge is 0.410 e. The van der Waals surface area contributed by atoms with E-state index in [0.717, 1.165) is 4.47 Å². The predicted molar refractivity (Wildman–Crippen MR) is 101 cm³/mol. The Hall–Kier alpha value is -1.96. The molecule has 0 aromatic heterocycles. The number of ether oxygens (including phenoxy) is 3. The van der Waals surface area contributed by atoms with Gasteiger partial charge in [0.15, 0.2) is 0 Å². The van der Waals surface area contributed by atoms with E-state index in [9.17, 15) is 9.59 Å². The minimum atomic E-state index is -0.539. The average Bonchev–Trinajstić information content (AvgIpc) is 2.58. The maximum atomic E-state index is 13.0. The van der Waals surface area contributed by atoms with Gasteiger partial charge in [-0.05, 0) is 32.9 Å². The summed E-state index contributed by atoms with van der Waals surface area (Å²) >= 11 is 3.38. The van der Waals surface area contributed by atoms with E-state index in [1.54, 1.807) is 21.9 Å². The van der Waals surface area contributed by atoms with Gasteiger partial charge < -0.3 is 24.0 Å². The third-order valence-corrected chi connectivity index (χ3v) is 4.36. The highest BCUT2D eigenvalue weighted by Crippen LogP contribution is 2.34. The molecule has 0 spiro atoms. The number of nitrogens with zero attached hydrogens (tertiary/aromatic N) is 2. The summed E-state index contributed by atoms with van der Waals surface area (Å²) in [5, 5.41) is 0. The molecule has 1 fully saturated rings. The summed E-state index contributed by atoms with van der Waals surface area (Å²) in [4.78, 5) is 28.5. The van der Waals surface area contributed by atoms with Gasteiger partial charge in [0, 0.05) is 30.7 Å². The maximum Gasteiger partial charge on any atom is 0.410 e. The quantitative estimate of drug-likeness (QED) is 0.739. The molecule has 8 heteroatoms.